The van der Waals surface area contributed by atoms with Crippen LogP contribution in [0.4, 0.5) is 0 Å². The lowest BCUT2D eigenvalue weighted by molar-refractivity contribution is -0.145. The maximum absolute atomic E-state index is 13.1. The predicted molar refractivity (Wildman–Crippen MR) is 119 cm³/mol. The van der Waals surface area contributed by atoms with Crippen molar-refractivity contribution >= 4 is 28.9 Å². The summed E-state index contributed by atoms with van der Waals surface area (Å²) >= 11 is 1.41. The van der Waals surface area contributed by atoms with E-state index in [9.17, 15) is 9.59 Å². The molecule has 0 saturated carbocycles. The van der Waals surface area contributed by atoms with Crippen molar-refractivity contribution < 1.29 is 19.1 Å². The number of ether oxygens (including phenoxy) is 2. The highest BCUT2D eigenvalue weighted by molar-refractivity contribution is 7.12. The van der Waals surface area contributed by atoms with Crippen LogP contribution >= 0.6 is 11.3 Å². The summed E-state index contributed by atoms with van der Waals surface area (Å²) < 4.78 is 10.3. The minimum atomic E-state index is -0.403. The first-order valence-electron chi connectivity index (χ1n) is 10.0. The normalized spacial score (nSPS) is 15.5. The topological polar surface area (TPSA) is 68.2 Å². The summed E-state index contributed by atoms with van der Waals surface area (Å²) in [5.74, 6) is 0.0648. The van der Waals surface area contributed by atoms with Crippen LogP contribution in [0, 0.1) is 0 Å². The molecule has 2 aromatic carbocycles. The summed E-state index contributed by atoms with van der Waals surface area (Å²) in [5.41, 5.74) is 2.78. The molecule has 7 heteroatoms. The molecular weight excluding hydrogens is 412 g/mol. The molecule has 158 valence electrons. The van der Waals surface area contributed by atoms with Gasteiger partial charge in [0.15, 0.2) is 6.61 Å². The fourth-order valence-corrected chi connectivity index (χ4v) is 4.06. The first-order chi connectivity index (χ1) is 15.2. The first-order valence-corrected chi connectivity index (χ1v) is 10.9. The van der Waals surface area contributed by atoms with E-state index in [2.05, 4.69) is 0 Å². The van der Waals surface area contributed by atoms with Gasteiger partial charge in [0.1, 0.15) is 5.75 Å². The second-order valence-electron chi connectivity index (χ2n) is 6.92. The Labute approximate surface area is 184 Å². The average molecular weight is 435 g/mol. The third-order valence-corrected chi connectivity index (χ3v) is 5.74. The molecule has 1 atom stereocenters. The SMILES string of the molecule is CCOC(=O)COc1ccc(C2=NN(C(=O)c3cccs3)[C@H](c3ccccc3)C2)cc1. The van der Waals surface area contributed by atoms with Crippen LogP contribution in [-0.4, -0.2) is 35.8 Å². The fourth-order valence-electron chi connectivity index (χ4n) is 3.41. The maximum atomic E-state index is 13.1. The van der Waals surface area contributed by atoms with Gasteiger partial charge in [-0.2, -0.15) is 5.10 Å². The number of amides is 1. The van der Waals surface area contributed by atoms with Gasteiger partial charge >= 0.3 is 5.97 Å². The summed E-state index contributed by atoms with van der Waals surface area (Å²) in [6.07, 6.45) is 0.615. The van der Waals surface area contributed by atoms with Gasteiger partial charge < -0.3 is 9.47 Å². The van der Waals surface area contributed by atoms with Gasteiger partial charge in [0, 0.05) is 6.42 Å². The van der Waals surface area contributed by atoms with Crippen LogP contribution < -0.4 is 4.74 Å². The molecule has 0 aliphatic carbocycles. The molecule has 0 radical (unpaired) electrons. The van der Waals surface area contributed by atoms with E-state index in [-0.39, 0.29) is 18.6 Å². The third kappa shape index (κ3) is 4.83. The minimum absolute atomic E-state index is 0.103. The van der Waals surface area contributed by atoms with Gasteiger partial charge in [-0.1, -0.05) is 36.4 Å². The van der Waals surface area contributed by atoms with Crippen LogP contribution in [0.15, 0.2) is 77.2 Å². The Balaban J connectivity index is 1.54. The largest absolute Gasteiger partial charge is 0.482 e. The van der Waals surface area contributed by atoms with Crippen molar-refractivity contribution in [1.82, 2.24) is 5.01 Å². The number of hydrogen-bond donors (Lipinski definition) is 0. The van der Waals surface area contributed by atoms with Gasteiger partial charge in [0.05, 0.1) is 23.2 Å². The number of carbonyl (C=O) groups is 2. The molecule has 31 heavy (non-hydrogen) atoms. The molecule has 0 saturated heterocycles. The van der Waals surface area contributed by atoms with E-state index in [0.29, 0.717) is 23.7 Å². The molecule has 1 amide bonds. The second kappa shape index (κ2) is 9.57. The summed E-state index contributed by atoms with van der Waals surface area (Å²) in [5, 5.41) is 8.17. The number of carbonyl (C=O) groups excluding carboxylic acids is 2. The van der Waals surface area contributed by atoms with Crippen molar-refractivity contribution in [1.29, 1.82) is 0 Å². The van der Waals surface area contributed by atoms with Crippen molar-refractivity contribution in [2.45, 2.75) is 19.4 Å². The van der Waals surface area contributed by atoms with Gasteiger partial charge in [0.2, 0.25) is 0 Å². The molecule has 1 aliphatic rings. The molecule has 4 rings (SSSR count). The van der Waals surface area contributed by atoms with E-state index >= 15 is 0 Å². The standard InChI is InChI=1S/C24H22N2O4S/c1-2-29-23(27)16-30-19-12-10-17(11-13-19)20-15-21(18-7-4-3-5-8-18)26(25-20)24(28)22-9-6-14-31-22/h3-14,21H,2,15-16H2,1H3/t21-/m0/s1. The van der Waals surface area contributed by atoms with Crippen molar-refractivity contribution in [3.63, 3.8) is 0 Å². The zero-order valence-corrected chi connectivity index (χ0v) is 17.9. The Bertz CT molecular complexity index is 1060. The number of benzene rings is 2. The van der Waals surface area contributed by atoms with E-state index < -0.39 is 5.97 Å². The lowest BCUT2D eigenvalue weighted by Crippen LogP contribution is -2.26. The number of hydrogen-bond acceptors (Lipinski definition) is 6. The molecule has 1 aliphatic heterocycles. The zero-order valence-electron chi connectivity index (χ0n) is 17.1. The van der Waals surface area contributed by atoms with Crippen molar-refractivity contribution in [3.05, 3.63) is 88.1 Å². The molecule has 0 unspecified atom stereocenters. The molecule has 0 fully saturated rings. The van der Waals surface area contributed by atoms with E-state index in [1.165, 1.54) is 11.3 Å². The van der Waals surface area contributed by atoms with Gasteiger partial charge in [-0.25, -0.2) is 9.80 Å². The molecule has 0 bridgehead atoms. The van der Waals surface area contributed by atoms with Crippen LogP contribution in [0.2, 0.25) is 0 Å². The quantitative estimate of drug-likeness (QED) is 0.506. The Morgan fingerprint density at radius 3 is 2.52 bits per heavy atom. The van der Waals surface area contributed by atoms with Gasteiger partial charge in [-0.05, 0) is 53.8 Å². The van der Waals surface area contributed by atoms with Crippen molar-refractivity contribution in [2.24, 2.45) is 5.10 Å². The molecule has 3 aromatic rings. The smallest absolute Gasteiger partial charge is 0.344 e. The Hall–Kier alpha value is -3.45. The van der Waals surface area contributed by atoms with E-state index in [1.54, 1.807) is 24.1 Å². The summed E-state index contributed by atoms with van der Waals surface area (Å²) in [4.78, 5) is 25.2. The number of esters is 1. The summed E-state index contributed by atoms with van der Waals surface area (Å²) in [6, 6.07) is 20.8. The van der Waals surface area contributed by atoms with Gasteiger partial charge in [-0.3, -0.25) is 4.79 Å². The maximum Gasteiger partial charge on any atom is 0.344 e. The molecule has 2 heterocycles. The second-order valence-corrected chi connectivity index (χ2v) is 7.87. The molecule has 1 aromatic heterocycles. The van der Waals surface area contributed by atoms with Crippen LogP contribution in [0.5, 0.6) is 5.75 Å². The molecular formula is C24H22N2O4S. The lowest BCUT2D eigenvalue weighted by Gasteiger charge is -2.21. The van der Waals surface area contributed by atoms with Crippen LogP contribution in [-0.2, 0) is 9.53 Å². The molecule has 0 N–H and O–H groups in total. The van der Waals surface area contributed by atoms with E-state index in [1.807, 2.05) is 60.0 Å². The lowest BCUT2D eigenvalue weighted by atomic mass is 9.98. The number of rotatable bonds is 7. The molecule has 6 nitrogen and oxygen atoms in total. The van der Waals surface area contributed by atoms with Crippen LogP contribution in [0.1, 0.15) is 40.2 Å². The Kier molecular flexibility index (Phi) is 6.43. The Morgan fingerprint density at radius 2 is 1.84 bits per heavy atom. The summed E-state index contributed by atoms with van der Waals surface area (Å²) in [7, 11) is 0. The average Bonchev–Trinajstić information content (AvgIpc) is 3.49. The Morgan fingerprint density at radius 1 is 1.06 bits per heavy atom. The van der Waals surface area contributed by atoms with E-state index in [0.717, 1.165) is 16.8 Å². The fraction of sp³-hybridized carbons (Fsp3) is 0.208. The van der Waals surface area contributed by atoms with Crippen LogP contribution in [0.3, 0.4) is 0 Å². The first kappa shape index (κ1) is 20.8. The van der Waals surface area contributed by atoms with Crippen molar-refractivity contribution in [2.75, 3.05) is 13.2 Å². The van der Waals surface area contributed by atoms with E-state index in [4.69, 9.17) is 14.6 Å². The highest BCUT2D eigenvalue weighted by Crippen LogP contribution is 2.34. The monoisotopic (exact) mass is 434 g/mol. The molecule has 0 spiro atoms. The van der Waals surface area contributed by atoms with Crippen molar-refractivity contribution in [3.8, 4) is 5.75 Å². The number of hydrazone groups is 1. The zero-order chi connectivity index (χ0) is 21.6. The minimum Gasteiger partial charge on any atom is -0.482 e. The van der Waals surface area contributed by atoms with Gasteiger partial charge in [0.25, 0.3) is 5.91 Å². The number of nitrogens with zero attached hydrogens (tertiary/aromatic N) is 2. The third-order valence-electron chi connectivity index (χ3n) is 4.88. The van der Waals surface area contributed by atoms with Gasteiger partial charge in [-0.15, -0.1) is 11.3 Å². The summed E-state index contributed by atoms with van der Waals surface area (Å²) in [6.45, 7) is 1.95. The highest BCUT2D eigenvalue weighted by Gasteiger charge is 2.33. The number of thiophene rings is 1. The highest BCUT2D eigenvalue weighted by atomic mass is 32.1. The predicted octanol–water partition coefficient (Wildman–Crippen LogP) is 4.68. The van der Waals surface area contributed by atoms with Crippen LogP contribution in [0.25, 0.3) is 0 Å².